The van der Waals surface area contributed by atoms with Gasteiger partial charge in [0.05, 0.1) is 34.7 Å². The maximum Gasteiger partial charge on any atom is 0.133 e. The molecular weight excluding hydrogens is 660 g/mol. The minimum absolute atomic E-state index is 0.104. The molecule has 0 unspecified atom stereocenters. The molecule has 4 fully saturated rings. The van der Waals surface area contributed by atoms with Crippen molar-refractivity contribution in [1.29, 1.82) is 0 Å². The Bertz CT molecular complexity index is 1200. The van der Waals surface area contributed by atoms with E-state index in [2.05, 4.69) is 102 Å². The van der Waals surface area contributed by atoms with Crippen molar-refractivity contribution in [3.8, 4) is 17.2 Å². The molecule has 0 heterocycles. The van der Waals surface area contributed by atoms with Crippen LogP contribution in [-0.2, 0) is 16.2 Å². The first-order chi connectivity index (χ1) is 17.7. The van der Waals surface area contributed by atoms with Gasteiger partial charge in [-0.15, -0.1) is 0 Å². The van der Waals surface area contributed by atoms with Gasteiger partial charge < -0.3 is 14.2 Å². The summed E-state index contributed by atoms with van der Waals surface area (Å²) in [6, 6.07) is 20.3. The van der Waals surface area contributed by atoms with Gasteiger partial charge in [0.15, 0.2) is 0 Å². The fourth-order valence-corrected chi connectivity index (χ4v) is 10.0. The number of hydrogen-bond donors (Lipinski definition) is 0. The van der Waals surface area contributed by atoms with Crippen LogP contribution in [0.15, 0.2) is 68.0 Å². The molecule has 0 aliphatic heterocycles. The third kappa shape index (κ3) is 4.08. The molecule has 6 heteroatoms. The van der Waals surface area contributed by atoms with E-state index in [-0.39, 0.29) is 16.2 Å². The van der Waals surface area contributed by atoms with E-state index in [0.717, 1.165) is 49.9 Å². The topological polar surface area (TPSA) is 27.7 Å². The van der Waals surface area contributed by atoms with Gasteiger partial charge >= 0.3 is 0 Å². The van der Waals surface area contributed by atoms with Crippen LogP contribution in [0.4, 0.5) is 0 Å². The van der Waals surface area contributed by atoms with Crippen LogP contribution in [0.25, 0.3) is 0 Å². The smallest absolute Gasteiger partial charge is 0.133 e. The molecule has 3 aromatic rings. The van der Waals surface area contributed by atoms with Crippen LogP contribution in [-0.4, -0.2) is 21.3 Å². The number of ether oxygens (including phenoxy) is 3. The van der Waals surface area contributed by atoms with Gasteiger partial charge in [-0.3, -0.25) is 0 Å². The number of methoxy groups -OCH3 is 3. The van der Waals surface area contributed by atoms with E-state index in [9.17, 15) is 0 Å². The second-order valence-electron chi connectivity index (χ2n) is 11.4. The molecule has 0 saturated heterocycles. The summed E-state index contributed by atoms with van der Waals surface area (Å²) in [5.41, 5.74) is 4.60. The van der Waals surface area contributed by atoms with Crippen molar-refractivity contribution in [3.63, 3.8) is 0 Å². The van der Waals surface area contributed by atoms with Gasteiger partial charge in [-0.1, -0.05) is 18.2 Å². The number of halogens is 3. The van der Waals surface area contributed by atoms with Crippen molar-refractivity contribution in [2.75, 3.05) is 21.3 Å². The Morgan fingerprint density at radius 1 is 0.541 bits per heavy atom. The van der Waals surface area contributed by atoms with E-state index in [1.807, 2.05) is 0 Å². The highest BCUT2D eigenvalue weighted by Gasteiger charge is 2.64. The van der Waals surface area contributed by atoms with E-state index in [1.54, 1.807) is 21.3 Å². The molecule has 0 spiro atoms. The second kappa shape index (κ2) is 9.31. The quantitative estimate of drug-likeness (QED) is 0.258. The van der Waals surface area contributed by atoms with Crippen molar-refractivity contribution in [3.05, 3.63) is 84.7 Å². The monoisotopic (exact) mass is 688 g/mol. The molecule has 0 radical (unpaired) electrons. The van der Waals surface area contributed by atoms with Crippen LogP contribution in [0.3, 0.4) is 0 Å². The molecule has 0 atom stereocenters. The Labute approximate surface area is 244 Å². The lowest BCUT2D eigenvalue weighted by atomic mass is 9.36. The van der Waals surface area contributed by atoms with E-state index >= 15 is 0 Å². The molecule has 4 bridgehead atoms. The van der Waals surface area contributed by atoms with Crippen LogP contribution in [0.2, 0.25) is 0 Å². The molecule has 4 aliphatic carbocycles. The highest BCUT2D eigenvalue weighted by Crippen LogP contribution is 2.71. The minimum Gasteiger partial charge on any atom is -0.496 e. The molecule has 7 rings (SSSR count). The van der Waals surface area contributed by atoms with Gasteiger partial charge in [0.25, 0.3) is 0 Å². The van der Waals surface area contributed by atoms with Crippen molar-refractivity contribution >= 4 is 47.8 Å². The Hall–Kier alpha value is -1.50. The van der Waals surface area contributed by atoms with Gasteiger partial charge in [0.2, 0.25) is 0 Å². The predicted octanol–water partition coefficient (Wildman–Crippen LogP) is 9.11. The lowest BCUT2D eigenvalue weighted by Crippen LogP contribution is -2.62. The average Bonchev–Trinajstić information content (AvgIpc) is 2.88. The van der Waals surface area contributed by atoms with E-state index in [4.69, 9.17) is 14.2 Å². The summed E-state index contributed by atoms with van der Waals surface area (Å²) in [5, 5.41) is 0. The van der Waals surface area contributed by atoms with Crippen molar-refractivity contribution in [2.24, 2.45) is 5.92 Å². The summed E-state index contributed by atoms with van der Waals surface area (Å²) < 4.78 is 19.9. The molecule has 0 N–H and O–H groups in total. The van der Waals surface area contributed by atoms with Gasteiger partial charge in [-0.2, -0.15) is 0 Å². The average molecular weight is 691 g/mol. The zero-order valence-electron chi connectivity index (χ0n) is 21.4. The minimum atomic E-state index is 0.104. The van der Waals surface area contributed by atoms with Crippen LogP contribution in [0, 0.1) is 5.92 Å². The number of hydrogen-bond acceptors (Lipinski definition) is 3. The van der Waals surface area contributed by atoms with Gasteiger partial charge in [0, 0.05) is 0 Å². The summed E-state index contributed by atoms with van der Waals surface area (Å²) in [6.07, 6.45) is 7.20. The normalized spacial score (nSPS) is 29.8. The van der Waals surface area contributed by atoms with Gasteiger partial charge in [-0.25, -0.2) is 0 Å². The maximum absolute atomic E-state index is 5.59. The first-order valence-electron chi connectivity index (χ1n) is 12.8. The SMILES string of the molecule is COc1ccc(C23CC4CC(c5ccc(OC)c(Br)c5)(C2)CC(c2ccc(OC)c(Br)c2)(C4)C3)cc1Br. The zero-order chi connectivity index (χ0) is 26.0. The third-order valence-corrected chi connectivity index (χ3v) is 11.2. The molecule has 3 aromatic carbocycles. The zero-order valence-corrected chi connectivity index (χ0v) is 26.1. The van der Waals surface area contributed by atoms with Crippen LogP contribution in [0.1, 0.15) is 55.2 Å². The highest BCUT2D eigenvalue weighted by molar-refractivity contribution is 9.11. The Balaban J connectivity index is 1.53. The summed E-state index contributed by atoms with van der Waals surface area (Å²) in [5.74, 6) is 3.32. The lowest BCUT2D eigenvalue weighted by Gasteiger charge is -2.67. The number of rotatable bonds is 6. The standard InChI is InChI=1S/C31H31Br3O3/c1-35-26-7-4-20(10-23(26)32)29-13-19-14-30(16-29,21-5-8-27(36-2)24(33)11-21)18-31(15-19,17-29)22-6-9-28(37-3)25(34)12-22/h4-12,19H,13-18H2,1-3H3. The van der Waals surface area contributed by atoms with Crippen LogP contribution >= 0.6 is 47.8 Å². The first kappa shape index (κ1) is 25.8. The molecule has 0 aromatic heterocycles. The molecule has 3 nitrogen and oxygen atoms in total. The van der Waals surface area contributed by atoms with E-state index in [1.165, 1.54) is 36.0 Å². The second-order valence-corrected chi connectivity index (χ2v) is 14.0. The molecule has 4 saturated carbocycles. The van der Waals surface area contributed by atoms with Gasteiger partial charge in [0.1, 0.15) is 17.2 Å². The number of benzene rings is 3. The summed E-state index contributed by atoms with van der Waals surface area (Å²) in [7, 11) is 5.20. The molecule has 4 aliphatic rings. The summed E-state index contributed by atoms with van der Waals surface area (Å²) >= 11 is 11.4. The van der Waals surface area contributed by atoms with Crippen LogP contribution < -0.4 is 14.2 Å². The predicted molar refractivity (Wildman–Crippen MR) is 158 cm³/mol. The van der Waals surface area contributed by atoms with E-state index in [0.29, 0.717) is 5.92 Å². The Morgan fingerprint density at radius 3 is 1.08 bits per heavy atom. The summed E-state index contributed by atoms with van der Waals surface area (Å²) in [4.78, 5) is 0. The maximum atomic E-state index is 5.59. The fraction of sp³-hybridized carbons (Fsp3) is 0.419. The molecule has 0 amide bonds. The fourth-order valence-electron chi connectivity index (χ4n) is 8.39. The van der Waals surface area contributed by atoms with Crippen molar-refractivity contribution in [1.82, 2.24) is 0 Å². The Kier molecular flexibility index (Phi) is 6.48. The summed E-state index contributed by atoms with van der Waals surface area (Å²) in [6.45, 7) is 0. The molecular formula is C31H31Br3O3. The van der Waals surface area contributed by atoms with E-state index < -0.39 is 0 Å². The highest BCUT2D eigenvalue weighted by atomic mass is 79.9. The Morgan fingerprint density at radius 2 is 0.838 bits per heavy atom. The van der Waals surface area contributed by atoms with Crippen molar-refractivity contribution in [2.45, 2.75) is 54.8 Å². The first-order valence-corrected chi connectivity index (χ1v) is 15.2. The molecule has 37 heavy (non-hydrogen) atoms. The largest absolute Gasteiger partial charge is 0.496 e. The van der Waals surface area contributed by atoms with Crippen molar-refractivity contribution < 1.29 is 14.2 Å². The molecule has 194 valence electrons. The lowest BCUT2D eigenvalue weighted by molar-refractivity contribution is -0.0494. The third-order valence-electron chi connectivity index (χ3n) is 9.36. The van der Waals surface area contributed by atoms with Gasteiger partial charge in [-0.05, 0) is 162 Å². The van der Waals surface area contributed by atoms with Crippen LogP contribution in [0.5, 0.6) is 17.2 Å².